The Morgan fingerprint density at radius 1 is 1.27 bits per heavy atom. The van der Waals surface area contributed by atoms with Gasteiger partial charge >= 0.3 is 0 Å². The molecule has 0 saturated heterocycles. The van der Waals surface area contributed by atoms with E-state index in [0.717, 1.165) is 0 Å². The number of likely N-dealkylation sites (N-methyl/N-ethyl adjacent to an activating group) is 1. The molecule has 0 aliphatic rings. The number of hydrogen-bond donors (Lipinski definition) is 3. The molecule has 0 aliphatic carbocycles. The standard InChI is InChI=1S/C15H14FN3O3/c1-17-13(21)8-19-15(22)14-12(20)6-10(7-18-14)9-3-2-4-11(16)5-9/h2-7,20H,8H2,1H3,(H,17,21)(H,19,22). The van der Waals surface area contributed by atoms with Crippen LogP contribution in [-0.4, -0.2) is 35.5 Å². The van der Waals surface area contributed by atoms with Gasteiger partial charge in [-0.1, -0.05) is 12.1 Å². The number of carbonyl (C=O) groups excluding carboxylic acids is 2. The third-order valence-electron chi connectivity index (χ3n) is 2.93. The Labute approximate surface area is 126 Å². The van der Waals surface area contributed by atoms with E-state index in [-0.39, 0.29) is 23.9 Å². The molecule has 2 rings (SSSR count). The number of pyridine rings is 1. The maximum atomic E-state index is 13.2. The quantitative estimate of drug-likeness (QED) is 0.788. The van der Waals surface area contributed by atoms with Crippen LogP contribution in [0.4, 0.5) is 4.39 Å². The van der Waals surface area contributed by atoms with Crippen molar-refractivity contribution in [3.8, 4) is 16.9 Å². The molecule has 0 atom stereocenters. The molecule has 1 aromatic carbocycles. The van der Waals surface area contributed by atoms with E-state index < -0.39 is 11.7 Å². The monoisotopic (exact) mass is 303 g/mol. The minimum atomic E-state index is -0.674. The molecule has 1 heterocycles. The van der Waals surface area contributed by atoms with Gasteiger partial charge in [-0.2, -0.15) is 0 Å². The third kappa shape index (κ3) is 3.57. The second kappa shape index (κ2) is 6.66. The molecule has 0 bridgehead atoms. The smallest absolute Gasteiger partial charge is 0.274 e. The molecule has 6 nitrogen and oxygen atoms in total. The van der Waals surface area contributed by atoms with Crippen LogP contribution in [0.5, 0.6) is 5.75 Å². The minimum absolute atomic E-state index is 0.205. The van der Waals surface area contributed by atoms with Crippen LogP contribution < -0.4 is 10.6 Å². The van der Waals surface area contributed by atoms with Crippen LogP contribution in [0.15, 0.2) is 36.5 Å². The van der Waals surface area contributed by atoms with E-state index in [9.17, 15) is 19.1 Å². The van der Waals surface area contributed by atoms with Crippen LogP contribution in [0.1, 0.15) is 10.5 Å². The maximum Gasteiger partial charge on any atom is 0.274 e. The van der Waals surface area contributed by atoms with Gasteiger partial charge in [0.05, 0.1) is 6.54 Å². The molecule has 2 aromatic rings. The molecular weight excluding hydrogens is 289 g/mol. The fourth-order valence-corrected chi connectivity index (χ4v) is 1.79. The molecular formula is C15H14FN3O3. The molecule has 0 radical (unpaired) electrons. The van der Waals surface area contributed by atoms with Crippen molar-refractivity contribution >= 4 is 11.8 Å². The summed E-state index contributed by atoms with van der Waals surface area (Å²) in [4.78, 5) is 26.7. The first-order valence-electron chi connectivity index (χ1n) is 6.45. The van der Waals surface area contributed by atoms with Gasteiger partial charge in [0, 0.05) is 18.8 Å². The van der Waals surface area contributed by atoms with Gasteiger partial charge in [-0.15, -0.1) is 0 Å². The molecule has 0 unspecified atom stereocenters. The SMILES string of the molecule is CNC(=O)CNC(=O)c1ncc(-c2cccc(F)c2)cc1O. The summed E-state index contributed by atoms with van der Waals surface area (Å²) in [5.74, 6) is -1.81. The highest BCUT2D eigenvalue weighted by Gasteiger charge is 2.15. The zero-order chi connectivity index (χ0) is 16.1. The lowest BCUT2D eigenvalue weighted by Crippen LogP contribution is -2.35. The lowest BCUT2D eigenvalue weighted by Gasteiger charge is -2.07. The molecule has 0 aliphatic heterocycles. The Kier molecular flexibility index (Phi) is 4.67. The van der Waals surface area contributed by atoms with Crippen molar-refractivity contribution in [1.29, 1.82) is 0 Å². The predicted octanol–water partition coefficient (Wildman–Crippen LogP) is 1.07. The van der Waals surface area contributed by atoms with Crippen molar-refractivity contribution in [2.24, 2.45) is 0 Å². The molecule has 3 N–H and O–H groups in total. The number of nitrogens with one attached hydrogen (secondary N) is 2. The molecule has 0 saturated carbocycles. The number of nitrogens with zero attached hydrogens (tertiary/aromatic N) is 1. The van der Waals surface area contributed by atoms with Crippen LogP contribution in [-0.2, 0) is 4.79 Å². The van der Waals surface area contributed by atoms with Gasteiger partial charge in [0.25, 0.3) is 5.91 Å². The van der Waals surface area contributed by atoms with E-state index in [4.69, 9.17) is 0 Å². The number of aromatic nitrogens is 1. The highest BCUT2D eigenvalue weighted by Crippen LogP contribution is 2.25. The Morgan fingerprint density at radius 3 is 2.68 bits per heavy atom. The predicted molar refractivity (Wildman–Crippen MR) is 77.7 cm³/mol. The van der Waals surface area contributed by atoms with E-state index in [2.05, 4.69) is 15.6 Å². The van der Waals surface area contributed by atoms with Gasteiger partial charge in [-0.25, -0.2) is 9.37 Å². The fourth-order valence-electron chi connectivity index (χ4n) is 1.79. The summed E-state index contributed by atoms with van der Waals surface area (Å²) in [5, 5.41) is 14.6. The molecule has 7 heteroatoms. The number of halogens is 1. The highest BCUT2D eigenvalue weighted by molar-refractivity contribution is 5.97. The third-order valence-corrected chi connectivity index (χ3v) is 2.93. The zero-order valence-corrected chi connectivity index (χ0v) is 11.8. The largest absolute Gasteiger partial charge is 0.505 e. The van der Waals surface area contributed by atoms with E-state index in [1.165, 1.54) is 37.5 Å². The number of amides is 2. The van der Waals surface area contributed by atoms with E-state index >= 15 is 0 Å². The number of rotatable bonds is 4. The van der Waals surface area contributed by atoms with Gasteiger partial charge in [0.15, 0.2) is 5.69 Å². The van der Waals surface area contributed by atoms with E-state index in [1.807, 2.05) is 0 Å². The molecule has 0 spiro atoms. The van der Waals surface area contributed by atoms with Crippen LogP contribution in [0.2, 0.25) is 0 Å². The van der Waals surface area contributed by atoms with Crippen molar-refractivity contribution < 1.29 is 19.1 Å². The van der Waals surface area contributed by atoms with Crippen LogP contribution in [0.3, 0.4) is 0 Å². The van der Waals surface area contributed by atoms with Gasteiger partial charge in [-0.05, 0) is 23.8 Å². The summed E-state index contributed by atoms with van der Waals surface area (Å²) >= 11 is 0. The second-order valence-corrected chi connectivity index (χ2v) is 4.46. The zero-order valence-electron chi connectivity index (χ0n) is 11.8. The van der Waals surface area contributed by atoms with Crippen LogP contribution in [0, 0.1) is 5.82 Å². The molecule has 114 valence electrons. The summed E-state index contributed by atoms with van der Waals surface area (Å²) in [6.45, 7) is -0.220. The number of benzene rings is 1. The van der Waals surface area contributed by atoms with Gasteiger partial charge in [0.2, 0.25) is 5.91 Å². The van der Waals surface area contributed by atoms with Crippen molar-refractivity contribution in [2.45, 2.75) is 0 Å². The lowest BCUT2D eigenvalue weighted by molar-refractivity contribution is -0.119. The first kappa shape index (κ1) is 15.4. The van der Waals surface area contributed by atoms with Crippen molar-refractivity contribution in [3.05, 3.63) is 48.0 Å². The first-order chi connectivity index (χ1) is 10.5. The molecule has 1 aromatic heterocycles. The normalized spacial score (nSPS) is 10.1. The minimum Gasteiger partial charge on any atom is -0.505 e. The first-order valence-corrected chi connectivity index (χ1v) is 6.45. The molecule has 0 fully saturated rings. The fraction of sp³-hybridized carbons (Fsp3) is 0.133. The van der Waals surface area contributed by atoms with Crippen molar-refractivity contribution in [2.75, 3.05) is 13.6 Å². The van der Waals surface area contributed by atoms with Gasteiger partial charge in [0.1, 0.15) is 11.6 Å². The molecule has 22 heavy (non-hydrogen) atoms. The van der Waals surface area contributed by atoms with E-state index in [1.54, 1.807) is 6.07 Å². The van der Waals surface area contributed by atoms with Crippen molar-refractivity contribution in [3.63, 3.8) is 0 Å². The summed E-state index contributed by atoms with van der Waals surface area (Å²) in [7, 11) is 1.44. The van der Waals surface area contributed by atoms with Gasteiger partial charge < -0.3 is 15.7 Å². The van der Waals surface area contributed by atoms with Crippen LogP contribution >= 0.6 is 0 Å². The Bertz CT molecular complexity index is 719. The summed E-state index contributed by atoms with van der Waals surface area (Å²) in [6, 6.07) is 7.10. The summed E-state index contributed by atoms with van der Waals surface area (Å²) < 4.78 is 13.2. The van der Waals surface area contributed by atoms with E-state index in [0.29, 0.717) is 11.1 Å². The maximum absolute atomic E-state index is 13.2. The topological polar surface area (TPSA) is 91.3 Å². The Morgan fingerprint density at radius 2 is 2.05 bits per heavy atom. The Balaban J connectivity index is 2.19. The number of aromatic hydroxyl groups is 1. The average molecular weight is 303 g/mol. The van der Waals surface area contributed by atoms with Crippen LogP contribution in [0.25, 0.3) is 11.1 Å². The van der Waals surface area contributed by atoms with Crippen molar-refractivity contribution in [1.82, 2.24) is 15.6 Å². The molecule has 2 amide bonds. The number of carbonyl (C=O) groups is 2. The number of hydrogen-bond acceptors (Lipinski definition) is 4. The average Bonchev–Trinajstić information content (AvgIpc) is 2.52. The summed E-state index contributed by atoms with van der Waals surface area (Å²) in [6.07, 6.45) is 1.35. The second-order valence-electron chi connectivity index (χ2n) is 4.46. The highest BCUT2D eigenvalue weighted by atomic mass is 19.1. The summed E-state index contributed by atoms with van der Waals surface area (Å²) in [5.41, 5.74) is 0.795. The Hall–Kier alpha value is -2.96. The van der Waals surface area contributed by atoms with Gasteiger partial charge in [-0.3, -0.25) is 9.59 Å². The lowest BCUT2D eigenvalue weighted by atomic mass is 10.1.